The summed E-state index contributed by atoms with van der Waals surface area (Å²) >= 11 is 1.03. The van der Waals surface area contributed by atoms with E-state index in [1.165, 1.54) is 19.2 Å². The van der Waals surface area contributed by atoms with Gasteiger partial charge in [0.2, 0.25) is 11.5 Å². The summed E-state index contributed by atoms with van der Waals surface area (Å²) in [5, 5.41) is 13.0. The molecule has 2 rings (SSSR count). The van der Waals surface area contributed by atoms with Gasteiger partial charge in [-0.3, -0.25) is 14.9 Å². The van der Waals surface area contributed by atoms with Crippen LogP contribution in [0, 0.1) is 0 Å². The predicted octanol–water partition coefficient (Wildman–Crippen LogP) is 1.95. The molecule has 1 atom stereocenters. The number of esters is 1. The quantitative estimate of drug-likeness (QED) is 0.223. The maximum atomic E-state index is 12.9. The van der Waals surface area contributed by atoms with Gasteiger partial charge in [0.05, 0.1) is 0 Å². The first-order valence-electron chi connectivity index (χ1n) is 10.5. The summed E-state index contributed by atoms with van der Waals surface area (Å²) in [6.07, 6.45) is -0.718. The van der Waals surface area contributed by atoms with E-state index in [-0.39, 0.29) is 29.0 Å². The summed E-state index contributed by atoms with van der Waals surface area (Å²) in [6.45, 7) is 13.4. The molecular weight excluding hydrogens is 466 g/mol. The number of carbonyl (C=O) groups excluding carboxylic acids is 4. The lowest BCUT2D eigenvalue weighted by Crippen LogP contribution is -2.62. The van der Waals surface area contributed by atoms with Crippen molar-refractivity contribution in [3.63, 3.8) is 0 Å². The lowest BCUT2D eigenvalue weighted by atomic mass is 10.1. The van der Waals surface area contributed by atoms with Crippen molar-refractivity contribution in [1.29, 1.82) is 0 Å². The zero-order valence-electron chi connectivity index (χ0n) is 20.5. The van der Waals surface area contributed by atoms with E-state index in [0.717, 1.165) is 11.3 Å². The Balaban J connectivity index is 2.25. The van der Waals surface area contributed by atoms with Crippen LogP contribution in [0.5, 0.6) is 0 Å². The number of thiazole rings is 1. The number of rotatable bonds is 7. The van der Waals surface area contributed by atoms with Gasteiger partial charge in [0, 0.05) is 11.9 Å². The highest BCUT2D eigenvalue weighted by Crippen LogP contribution is 2.21. The highest BCUT2D eigenvalue weighted by Gasteiger charge is 2.37. The molecule has 0 aromatic carbocycles. The Kier molecular flexibility index (Phi) is 7.91. The minimum atomic E-state index is -1.53. The van der Waals surface area contributed by atoms with Crippen LogP contribution in [-0.2, 0) is 28.7 Å². The van der Waals surface area contributed by atoms with Gasteiger partial charge in [0.1, 0.15) is 22.9 Å². The van der Waals surface area contributed by atoms with Gasteiger partial charge >= 0.3 is 12.1 Å². The third kappa shape index (κ3) is 7.97. The molecule has 0 aliphatic carbocycles. The fourth-order valence-electron chi connectivity index (χ4n) is 2.26. The van der Waals surface area contributed by atoms with Crippen molar-refractivity contribution < 1.29 is 33.5 Å². The second kappa shape index (κ2) is 9.95. The molecule has 1 aromatic rings. The molecular formula is C21H31N5O7S. The molecule has 1 aliphatic rings. The highest BCUT2D eigenvalue weighted by molar-refractivity contribution is 7.14. The Morgan fingerprint density at radius 1 is 1.09 bits per heavy atom. The molecule has 13 heteroatoms. The number of hydrogen-bond acceptors (Lipinski definition) is 10. The summed E-state index contributed by atoms with van der Waals surface area (Å²) in [6, 6.07) is -0.727. The van der Waals surface area contributed by atoms with Crippen LogP contribution in [0.3, 0.4) is 0 Å². The largest absolute Gasteiger partial charge is 0.457 e. The van der Waals surface area contributed by atoms with Crippen molar-refractivity contribution in [3.8, 4) is 0 Å². The zero-order chi connectivity index (χ0) is 25.9. The maximum absolute atomic E-state index is 12.9. The second-order valence-corrected chi connectivity index (χ2v) is 10.8. The van der Waals surface area contributed by atoms with Crippen molar-refractivity contribution in [3.05, 3.63) is 11.1 Å². The smallest absolute Gasteiger partial charge is 0.413 e. The van der Waals surface area contributed by atoms with Crippen LogP contribution in [0.4, 0.5) is 9.93 Å². The predicted molar refractivity (Wildman–Crippen MR) is 124 cm³/mol. The van der Waals surface area contributed by atoms with Crippen LogP contribution < -0.4 is 16.0 Å². The number of aromatic nitrogens is 1. The molecule has 3 N–H and O–H groups in total. The summed E-state index contributed by atoms with van der Waals surface area (Å²) in [4.78, 5) is 58.5. The average molecular weight is 498 g/mol. The number of nitrogens with zero attached hydrogens (tertiary/aromatic N) is 2. The van der Waals surface area contributed by atoms with Gasteiger partial charge in [-0.05, 0) is 55.4 Å². The molecule has 0 unspecified atom stereocenters. The highest BCUT2D eigenvalue weighted by atomic mass is 32.1. The van der Waals surface area contributed by atoms with Crippen LogP contribution in [0.2, 0.25) is 0 Å². The van der Waals surface area contributed by atoms with Crippen molar-refractivity contribution in [2.45, 2.75) is 78.2 Å². The summed E-state index contributed by atoms with van der Waals surface area (Å²) in [7, 11) is 0. The fraction of sp³-hybridized carbons (Fsp3) is 0.619. The number of carbonyl (C=O) groups is 4. The van der Waals surface area contributed by atoms with Crippen LogP contribution in [0.1, 0.15) is 61.1 Å². The standard InChI is InChI=1S/C21H31N5O7S/c1-19(2,3)31-16(29)21(7,8)33-26-13(15(28)23-11-9-22-14(11)27)12-10-34-17(24-12)25-18(30)32-20(4,5)6/h10-11H,9H2,1-8H3,(H,22,27)(H,23,28)(H,24,25,30)/t11-/m0/s1. The Morgan fingerprint density at radius 3 is 2.21 bits per heavy atom. The molecule has 1 aromatic heterocycles. The Hall–Kier alpha value is -3.22. The molecule has 12 nitrogen and oxygen atoms in total. The van der Waals surface area contributed by atoms with E-state index in [1.54, 1.807) is 41.5 Å². The van der Waals surface area contributed by atoms with Crippen LogP contribution in [0.15, 0.2) is 10.5 Å². The van der Waals surface area contributed by atoms with E-state index in [4.69, 9.17) is 14.3 Å². The van der Waals surface area contributed by atoms with Crippen molar-refractivity contribution in [1.82, 2.24) is 15.6 Å². The molecule has 1 aliphatic heterocycles. The molecule has 1 saturated heterocycles. The maximum Gasteiger partial charge on any atom is 0.413 e. The summed E-state index contributed by atoms with van der Waals surface area (Å²) in [5.74, 6) is -1.77. The van der Waals surface area contributed by atoms with Crippen molar-refractivity contribution in [2.24, 2.45) is 5.16 Å². The van der Waals surface area contributed by atoms with Crippen molar-refractivity contribution in [2.75, 3.05) is 11.9 Å². The van der Waals surface area contributed by atoms with Crippen LogP contribution in [-0.4, -0.2) is 64.0 Å². The number of hydrogen-bond donors (Lipinski definition) is 3. The van der Waals surface area contributed by atoms with E-state index < -0.39 is 40.8 Å². The minimum Gasteiger partial charge on any atom is -0.457 e. The minimum absolute atomic E-state index is 0.0632. The monoisotopic (exact) mass is 497 g/mol. The van der Waals surface area contributed by atoms with Gasteiger partial charge in [-0.1, -0.05) is 5.16 Å². The van der Waals surface area contributed by atoms with E-state index in [0.29, 0.717) is 0 Å². The molecule has 0 bridgehead atoms. The number of anilines is 1. The SMILES string of the molecule is CC(C)(C)OC(=O)Nc1nc(C(=NOC(C)(C)C(=O)OC(C)(C)C)C(=O)N[C@H]2CNC2=O)cs1. The summed E-state index contributed by atoms with van der Waals surface area (Å²) < 4.78 is 10.5. The van der Waals surface area contributed by atoms with Gasteiger partial charge in [-0.25, -0.2) is 14.6 Å². The first-order chi connectivity index (χ1) is 15.5. The summed E-state index contributed by atoms with van der Waals surface area (Å²) in [5.41, 5.74) is -3.21. The molecule has 188 valence electrons. The van der Waals surface area contributed by atoms with Gasteiger partial charge < -0.3 is 24.9 Å². The molecule has 34 heavy (non-hydrogen) atoms. The number of oxime groups is 1. The third-order valence-corrected chi connectivity index (χ3v) is 4.69. The molecule has 3 amide bonds. The number of amides is 3. The number of ether oxygens (including phenoxy) is 2. The molecule has 0 saturated carbocycles. The van der Waals surface area contributed by atoms with Gasteiger partial charge in [-0.2, -0.15) is 0 Å². The third-order valence-electron chi connectivity index (χ3n) is 3.93. The lowest BCUT2D eigenvalue weighted by molar-refractivity contribution is -0.179. The van der Waals surface area contributed by atoms with Crippen molar-refractivity contribution >= 4 is 46.1 Å². The zero-order valence-corrected chi connectivity index (χ0v) is 21.3. The van der Waals surface area contributed by atoms with Crippen LogP contribution in [0.25, 0.3) is 0 Å². The first kappa shape index (κ1) is 27.0. The van der Waals surface area contributed by atoms with E-state index in [1.807, 2.05) is 0 Å². The molecule has 1 fully saturated rings. The van der Waals surface area contributed by atoms with E-state index >= 15 is 0 Å². The van der Waals surface area contributed by atoms with Crippen LogP contribution >= 0.6 is 11.3 Å². The Labute approximate surface area is 201 Å². The van der Waals surface area contributed by atoms with Gasteiger partial charge in [0.15, 0.2) is 10.8 Å². The first-order valence-corrected chi connectivity index (χ1v) is 11.4. The lowest BCUT2D eigenvalue weighted by Gasteiger charge is -2.27. The van der Waals surface area contributed by atoms with E-state index in [2.05, 4.69) is 26.1 Å². The molecule has 0 radical (unpaired) electrons. The van der Waals surface area contributed by atoms with Gasteiger partial charge in [-0.15, -0.1) is 11.3 Å². The van der Waals surface area contributed by atoms with E-state index in [9.17, 15) is 19.2 Å². The average Bonchev–Trinajstić information content (AvgIpc) is 3.09. The normalized spacial score (nSPS) is 16.6. The molecule has 2 heterocycles. The Bertz CT molecular complexity index is 988. The van der Waals surface area contributed by atoms with Gasteiger partial charge in [0.25, 0.3) is 5.91 Å². The Morgan fingerprint density at radius 2 is 1.71 bits per heavy atom. The molecule has 0 spiro atoms. The fourth-order valence-corrected chi connectivity index (χ4v) is 2.94. The second-order valence-electron chi connectivity index (χ2n) is 9.98. The topological polar surface area (TPSA) is 157 Å². The number of β-lactam (4-membered cyclic amide) rings is 1. The number of nitrogens with one attached hydrogen (secondary N) is 3.